The van der Waals surface area contributed by atoms with Gasteiger partial charge in [0, 0.05) is 68.8 Å². The number of H-pyrrole nitrogens is 1. The summed E-state index contributed by atoms with van der Waals surface area (Å²) in [5.41, 5.74) is 1.99. The first-order valence-corrected chi connectivity index (χ1v) is 10.1. The number of anilines is 1. The van der Waals surface area contributed by atoms with Crippen molar-refractivity contribution >= 4 is 46.8 Å². The van der Waals surface area contributed by atoms with Crippen LogP contribution in [0, 0.1) is 5.82 Å². The van der Waals surface area contributed by atoms with Gasteiger partial charge in [0.15, 0.2) is 5.96 Å². The van der Waals surface area contributed by atoms with Crippen LogP contribution in [0.2, 0.25) is 0 Å². The number of halogens is 2. The number of aliphatic imine (C=N–C) groups is 1. The lowest BCUT2D eigenvalue weighted by molar-refractivity contribution is 0.370. The largest absolute Gasteiger partial charge is 0.361 e. The Morgan fingerprint density at radius 1 is 1.20 bits per heavy atom. The first kappa shape index (κ1) is 22.3. The molecule has 3 heterocycles. The smallest absolute Gasteiger partial charge is 0.225 e. The van der Waals surface area contributed by atoms with Crippen LogP contribution in [0.1, 0.15) is 12.5 Å². The number of guanidine groups is 1. The molecule has 7 nitrogen and oxygen atoms in total. The van der Waals surface area contributed by atoms with E-state index in [4.69, 9.17) is 4.99 Å². The molecule has 0 saturated carbocycles. The highest BCUT2D eigenvalue weighted by Crippen LogP contribution is 2.19. The second-order valence-electron chi connectivity index (χ2n) is 7.01. The highest BCUT2D eigenvalue weighted by Gasteiger charge is 2.21. The third kappa shape index (κ3) is 5.18. The Labute approximate surface area is 192 Å². The maximum atomic E-state index is 13.4. The van der Waals surface area contributed by atoms with E-state index >= 15 is 0 Å². The number of piperazine rings is 1. The molecule has 3 aromatic rings. The van der Waals surface area contributed by atoms with Gasteiger partial charge in [-0.1, -0.05) is 0 Å². The average molecular weight is 523 g/mol. The molecule has 0 radical (unpaired) electrons. The summed E-state index contributed by atoms with van der Waals surface area (Å²) in [4.78, 5) is 21.1. The quantitative estimate of drug-likeness (QED) is 0.306. The second-order valence-corrected chi connectivity index (χ2v) is 7.01. The van der Waals surface area contributed by atoms with Gasteiger partial charge >= 0.3 is 0 Å². The number of aromatic amines is 1. The van der Waals surface area contributed by atoms with Gasteiger partial charge in [-0.3, -0.25) is 4.99 Å². The van der Waals surface area contributed by atoms with Crippen molar-refractivity contribution in [3.8, 4) is 0 Å². The van der Waals surface area contributed by atoms with Crippen molar-refractivity contribution < 1.29 is 4.39 Å². The minimum atomic E-state index is -0.224. The van der Waals surface area contributed by atoms with Gasteiger partial charge in [-0.05, 0) is 43.2 Å². The third-order valence-corrected chi connectivity index (χ3v) is 5.12. The van der Waals surface area contributed by atoms with Gasteiger partial charge in [-0.25, -0.2) is 14.4 Å². The van der Waals surface area contributed by atoms with Crippen LogP contribution in [0.3, 0.4) is 0 Å². The molecule has 9 heteroatoms. The zero-order chi connectivity index (χ0) is 20.1. The van der Waals surface area contributed by atoms with Gasteiger partial charge in [0.1, 0.15) is 5.82 Å². The molecule has 1 aliphatic rings. The van der Waals surface area contributed by atoms with Gasteiger partial charge in [-0.2, -0.15) is 0 Å². The molecule has 2 N–H and O–H groups in total. The second kappa shape index (κ2) is 10.6. The van der Waals surface area contributed by atoms with Gasteiger partial charge in [0.05, 0.1) is 0 Å². The number of nitrogens with zero attached hydrogens (tertiary/aromatic N) is 5. The summed E-state index contributed by atoms with van der Waals surface area (Å²) < 4.78 is 13.4. The predicted octanol–water partition coefficient (Wildman–Crippen LogP) is 3.05. The minimum absolute atomic E-state index is 0. The molecule has 160 valence electrons. The molecule has 1 aromatic carbocycles. The molecule has 0 unspecified atom stereocenters. The van der Waals surface area contributed by atoms with Crippen LogP contribution in [0.15, 0.2) is 47.8 Å². The first-order chi connectivity index (χ1) is 14.2. The zero-order valence-corrected chi connectivity index (χ0v) is 19.3. The monoisotopic (exact) mass is 523 g/mol. The van der Waals surface area contributed by atoms with Crippen LogP contribution in [-0.4, -0.2) is 65.1 Å². The van der Waals surface area contributed by atoms with Crippen molar-refractivity contribution in [1.29, 1.82) is 0 Å². The van der Waals surface area contributed by atoms with E-state index in [1.54, 1.807) is 12.4 Å². The summed E-state index contributed by atoms with van der Waals surface area (Å²) in [6, 6.07) is 6.70. The van der Waals surface area contributed by atoms with Crippen LogP contribution in [0.25, 0.3) is 10.9 Å². The molecule has 0 bridgehead atoms. The van der Waals surface area contributed by atoms with Crippen molar-refractivity contribution in [1.82, 2.24) is 25.2 Å². The molecule has 30 heavy (non-hydrogen) atoms. The summed E-state index contributed by atoms with van der Waals surface area (Å²) >= 11 is 0. The summed E-state index contributed by atoms with van der Waals surface area (Å²) in [7, 11) is 0. The SMILES string of the molecule is CCNC(=NCCc1c[nH]c2cc(F)ccc12)N1CCN(c2ncccn2)CC1.I. The maximum absolute atomic E-state index is 13.4. The fourth-order valence-corrected chi connectivity index (χ4v) is 3.65. The molecular weight excluding hydrogens is 496 g/mol. The van der Waals surface area contributed by atoms with Gasteiger partial charge in [0.2, 0.25) is 5.95 Å². The van der Waals surface area contributed by atoms with E-state index in [0.717, 1.165) is 67.5 Å². The van der Waals surface area contributed by atoms with Crippen LogP contribution in [0.5, 0.6) is 0 Å². The van der Waals surface area contributed by atoms with Gasteiger partial charge in [-0.15, -0.1) is 24.0 Å². The Balaban J connectivity index is 0.00000256. The van der Waals surface area contributed by atoms with Crippen LogP contribution in [0.4, 0.5) is 10.3 Å². The minimum Gasteiger partial charge on any atom is -0.361 e. The Kier molecular flexibility index (Phi) is 7.83. The number of nitrogens with one attached hydrogen (secondary N) is 2. The summed E-state index contributed by atoms with van der Waals surface area (Å²) in [5.74, 6) is 1.50. The number of rotatable bonds is 5. The highest BCUT2D eigenvalue weighted by atomic mass is 127. The standard InChI is InChI=1S/C21H26FN7.HI/c1-2-23-20(28-10-12-29(13-11-28)21-24-7-3-8-25-21)26-9-6-16-15-27-19-14-17(22)4-5-18(16)19;/h3-5,7-8,14-15,27H,2,6,9-13H2,1H3,(H,23,26);1H. The zero-order valence-electron chi connectivity index (χ0n) is 17.0. The van der Waals surface area contributed by atoms with Crippen LogP contribution >= 0.6 is 24.0 Å². The van der Waals surface area contributed by atoms with Crippen LogP contribution in [-0.2, 0) is 6.42 Å². The summed E-state index contributed by atoms with van der Waals surface area (Å²) in [6.07, 6.45) is 6.31. The molecule has 0 amide bonds. The highest BCUT2D eigenvalue weighted by molar-refractivity contribution is 14.0. The van der Waals surface area contributed by atoms with E-state index < -0.39 is 0 Å². The number of aromatic nitrogens is 3. The van der Waals surface area contributed by atoms with Crippen molar-refractivity contribution in [3.63, 3.8) is 0 Å². The van der Waals surface area contributed by atoms with Crippen molar-refractivity contribution in [2.24, 2.45) is 4.99 Å². The Morgan fingerprint density at radius 2 is 1.97 bits per heavy atom. The van der Waals surface area contributed by atoms with E-state index in [1.807, 2.05) is 18.3 Å². The fraction of sp³-hybridized carbons (Fsp3) is 0.381. The third-order valence-electron chi connectivity index (χ3n) is 5.12. The lowest BCUT2D eigenvalue weighted by Gasteiger charge is -2.36. The van der Waals surface area contributed by atoms with Crippen molar-refractivity contribution in [3.05, 3.63) is 54.2 Å². The van der Waals surface area contributed by atoms with E-state index in [0.29, 0.717) is 6.54 Å². The first-order valence-electron chi connectivity index (χ1n) is 10.1. The molecule has 1 aliphatic heterocycles. The normalized spacial score (nSPS) is 14.7. The average Bonchev–Trinajstić information content (AvgIpc) is 3.16. The molecule has 1 saturated heterocycles. The molecule has 0 spiro atoms. The van der Waals surface area contributed by atoms with E-state index in [2.05, 4.69) is 37.0 Å². The lowest BCUT2D eigenvalue weighted by Crippen LogP contribution is -2.53. The topological polar surface area (TPSA) is 72.4 Å². The number of hydrogen-bond donors (Lipinski definition) is 2. The molecular formula is C21H27FIN7. The maximum Gasteiger partial charge on any atom is 0.225 e. The lowest BCUT2D eigenvalue weighted by atomic mass is 10.1. The Morgan fingerprint density at radius 3 is 2.70 bits per heavy atom. The Hall–Kier alpha value is -2.43. The van der Waals surface area contributed by atoms with E-state index in [-0.39, 0.29) is 29.8 Å². The van der Waals surface area contributed by atoms with E-state index in [9.17, 15) is 4.39 Å². The molecule has 4 rings (SSSR count). The van der Waals surface area contributed by atoms with Crippen LogP contribution < -0.4 is 10.2 Å². The predicted molar refractivity (Wildman–Crippen MR) is 129 cm³/mol. The molecule has 1 fully saturated rings. The van der Waals surface area contributed by atoms with Crippen molar-refractivity contribution in [2.75, 3.05) is 44.2 Å². The fourth-order valence-electron chi connectivity index (χ4n) is 3.65. The van der Waals surface area contributed by atoms with Gasteiger partial charge < -0.3 is 20.1 Å². The van der Waals surface area contributed by atoms with E-state index in [1.165, 1.54) is 12.1 Å². The molecule has 2 aromatic heterocycles. The number of hydrogen-bond acceptors (Lipinski definition) is 4. The summed E-state index contributed by atoms with van der Waals surface area (Å²) in [6.45, 7) is 7.05. The van der Waals surface area contributed by atoms with Crippen molar-refractivity contribution in [2.45, 2.75) is 13.3 Å². The molecule has 0 aliphatic carbocycles. The summed E-state index contributed by atoms with van der Waals surface area (Å²) in [5, 5.41) is 4.46. The number of fused-ring (bicyclic) bond motifs is 1. The molecule has 0 atom stereocenters. The Bertz CT molecular complexity index is 968. The number of benzene rings is 1. The van der Waals surface area contributed by atoms with Gasteiger partial charge in [0.25, 0.3) is 0 Å².